The van der Waals surface area contributed by atoms with Crippen molar-refractivity contribution in [3.05, 3.63) is 65.1 Å². The van der Waals surface area contributed by atoms with Gasteiger partial charge in [0.25, 0.3) is 0 Å². The summed E-state index contributed by atoms with van der Waals surface area (Å²) in [6, 6.07) is 11.2. The van der Waals surface area contributed by atoms with Crippen LogP contribution in [0.25, 0.3) is 10.9 Å². The molecule has 3 aromatic rings. The smallest absolute Gasteiger partial charge is 0.123 e. The number of rotatable bonds is 3. The number of aromatic hydroxyl groups is 1. The van der Waals surface area contributed by atoms with Crippen molar-refractivity contribution in [1.29, 1.82) is 0 Å². The Bertz CT molecular complexity index is 807. The number of phenols is 1. The van der Waals surface area contributed by atoms with Gasteiger partial charge in [0.2, 0.25) is 0 Å². The molecular formula is C16H12ClFN2O. The molecule has 1 aromatic heterocycles. The maximum atomic E-state index is 13.2. The first-order valence-electron chi connectivity index (χ1n) is 6.39. The quantitative estimate of drug-likeness (QED) is 0.756. The molecule has 0 aliphatic rings. The topological polar surface area (TPSA) is 45.1 Å². The lowest BCUT2D eigenvalue weighted by Crippen LogP contribution is -2.01. The number of phenolic OH excluding ortho intramolecular Hbond substituents is 1. The van der Waals surface area contributed by atoms with Crippen molar-refractivity contribution in [3.63, 3.8) is 0 Å². The monoisotopic (exact) mass is 302 g/mol. The van der Waals surface area contributed by atoms with Gasteiger partial charge >= 0.3 is 0 Å². The van der Waals surface area contributed by atoms with Gasteiger partial charge in [-0.05, 0) is 42.5 Å². The second kappa shape index (κ2) is 5.58. The molecule has 0 saturated heterocycles. The molecule has 0 fully saturated rings. The summed E-state index contributed by atoms with van der Waals surface area (Å²) in [5, 5.41) is 14.4. The lowest BCUT2D eigenvalue weighted by molar-refractivity contribution is 0.466. The van der Waals surface area contributed by atoms with E-state index in [9.17, 15) is 9.50 Å². The number of halogens is 2. The number of anilines is 1. The number of hydrogen-bond acceptors (Lipinski definition) is 3. The van der Waals surface area contributed by atoms with Gasteiger partial charge in [-0.3, -0.25) is 4.98 Å². The second-order valence-electron chi connectivity index (χ2n) is 4.62. The van der Waals surface area contributed by atoms with Gasteiger partial charge in [0.05, 0.1) is 10.5 Å². The average Bonchev–Trinajstić information content (AvgIpc) is 2.50. The first kappa shape index (κ1) is 13.6. The number of aromatic nitrogens is 1. The Kier molecular flexibility index (Phi) is 3.62. The van der Waals surface area contributed by atoms with Gasteiger partial charge in [-0.1, -0.05) is 11.6 Å². The zero-order valence-electron chi connectivity index (χ0n) is 11.0. The summed E-state index contributed by atoms with van der Waals surface area (Å²) >= 11 is 6.11. The molecule has 0 radical (unpaired) electrons. The van der Waals surface area contributed by atoms with Crippen molar-refractivity contribution >= 4 is 28.2 Å². The fourth-order valence-corrected chi connectivity index (χ4v) is 2.39. The van der Waals surface area contributed by atoms with Crippen molar-refractivity contribution in [3.8, 4) is 5.75 Å². The van der Waals surface area contributed by atoms with Crippen LogP contribution in [0, 0.1) is 5.82 Å². The van der Waals surface area contributed by atoms with Crippen molar-refractivity contribution in [2.24, 2.45) is 0 Å². The number of pyridine rings is 1. The van der Waals surface area contributed by atoms with Crippen LogP contribution in [-0.2, 0) is 6.54 Å². The Hall–Kier alpha value is -2.33. The molecule has 0 bridgehead atoms. The van der Waals surface area contributed by atoms with E-state index in [1.165, 1.54) is 18.2 Å². The molecule has 0 unspecified atom stereocenters. The number of nitrogens with one attached hydrogen (secondary N) is 1. The summed E-state index contributed by atoms with van der Waals surface area (Å²) in [5.74, 6) is -0.326. The second-order valence-corrected chi connectivity index (χ2v) is 5.03. The van der Waals surface area contributed by atoms with Gasteiger partial charge in [0, 0.05) is 29.4 Å². The molecule has 2 N–H and O–H groups in total. The van der Waals surface area contributed by atoms with Crippen molar-refractivity contribution in [2.45, 2.75) is 6.54 Å². The van der Waals surface area contributed by atoms with E-state index >= 15 is 0 Å². The number of hydrogen-bond donors (Lipinski definition) is 2. The third-order valence-electron chi connectivity index (χ3n) is 3.23. The lowest BCUT2D eigenvalue weighted by Gasteiger charge is -2.11. The van der Waals surface area contributed by atoms with Crippen LogP contribution in [0.1, 0.15) is 5.56 Å². The van der Waals surface area contributed by atoms with Crippen LogP contribution >= 0.6 is 11.6 Å². The Morgan fingerprint density at radius 2 is 2.05 bits per heavy atom. The molecule has 0 spiro atoms. The number of fused-ring (bicyclic) bond motifs is 1. The molecule has 5 heteroatoms. The summed E-state index contributed by atoms with van der Waals surface area (Å²) in [6.45, 7) is 0.301. The highest BCUT2D eigenvalue weighted by Crippen LogP contribution is 2.29. The largest absolute Gasteiger partial charge is 0.508 e. The minimum atomic E-state index is -0.382. The van der Waals surface area contributed by atoms with Crippen molar-refractivity contribution in [1.82, 2.24) is 4.98 Å². The van der Waals surface area contributed by atoms with E-state index in [2.05, 4.69) is 10.3 Å². The number of benzene rings is 2. The fourth-order valence-electron chi connectivity index (χ4n) is 2.18. The van der Waals surface area contributed by atoms with Gasteiger partial charge in [0.15, 0.2) is 0 Å². The van der Waals surface area contributed by atoms with Crippen LogP contribution in [0.15, 0.2) is 48.7 Å². The normalized spacial score (nSPS) is 10.8. The van der Waals surface area contributed by atoms with E-state index in [4.69, 9.17) is 11.6 Å². The molecule has 3 nitrogen and oxygen atoms in total. The zero-order valence-corrected chi connectivity index (χ0v) is 11.7. The van der Waals surface area contributed by atoms with E-state index in [0.29, 0.717) is 22.6 Å². The van der Waals surface area contributed by atoms with E-state index in [-0.39, 0.29) is 11.6 Å². The van der Waals surface area contributed by atoms with Crippen LogP contribution in [0.3, 0.4) is 0 Å². The van der Waals surface area contributed by atoms with Gasteiger partial charge in [-0.2, -0.15) is 0 Å². The Morgan fingerprint density at radius 1 is 1.19 bits per heavy atom. The molecular weight excluding hydrogens is 291 g/mol. The maximum Gasteiger partial charge on any atom is 0.123 e. The van der Waals surface area contributed by atoms with Crippen molar-refractivity contribution < 1.29 is 9.50 Å². The summed E-state index contributed by atoms with van der Waals surface area (Å²) in [4.78, 5) is 4.25. The van der Waals surface area contributed by atoms with Crippen molar-refractivity contribution in [2.75, 3.05) is 5.32 Å². The molecule has 0 atom stereocenters. The number of nitrogens with zero attached hydrogens (tertiary/aromatic N) is 1. The Labute approximate surface area is 126 Å². The molecule has 0 amide bonds. The fraction of sp³-hybridized carbons (Fsp3) is 0.0625. The minimum Gasteiger partial charge on any atom is -0.508 e. The highest BCUT2D eigenvalue weighted by atomic mass is 35.5. The third kappa shape index (κ3) is 2.76. The highest BCUT2D eigenvalue weighted by Gasteiger charge is 2.07. The predicted octanol–water partition coefficient (Wildman–Crippen LogP) is 4.35. The highest BCUT2D eigenvalue weighted by molar-refractivity contribution is 6.35. The van der Waals surface area contributed by atoms with Gasteiger partial charge in [-0.25, -0.2) is 4.39 Å². The molecule has 0 saturated carbocycles. The molecule has 2 aromatic carbocycles. The maximum absolute atomic E-state index is 13.2. The molecule has 21 heavy (non-hydrogen) atoms. The molecule has 106 valence electrons. The first-order chi connectivity index (χ1) is 10.1. The molecule has 3 rings (SSSR count). The summed E-state index contributed by atoms with van der Waals surface area (Å²) < 4.78 is 13.2. The van der Waals surface area contributed by atoms with Crippen LogP contribution in [0.4, 0.5) is 10.1 Å². The SMILES string of the molecule is Oc1ccc(F)cc1CNc1ccc(Cl)c2ncccc12. The van der Waals surface area contributed by atoms with E-state index < -0.39 is 0 Å². The molecule has 0 aliphatic carbocycles. The van der Waals surface area contributed by atoms with E-state index in [0.717, 1.165) is 11.1 Å². The van der Waals surface area contributed by atoms with E-state index in [1.54, 1.807) is 12.3 Å². The predicted molar refractivity (Wildman–Crippen MR) is 82.1 cm³/mol. The standard InChI is InChI=1S/C16H12ClFN2O/c17-13-4-5-14(12-2-1-7-19-16(12)13)20-9-10-8-11(18)3-6-15(10)21/h1-8,20-21H,9H2. The van der Waals surface area contributed by atoms with Gasteiger partial charge < -0.3 is 10.4 Å². The Morgan fingerprint density at radius 3 is 2.90 bits per heavy atom. The Balaban J connectivity index is 1.92. The molecule has 1 heterocycles. The average molecular weight is 303 g/mol. The molecule has 0 aliphatic heterocycles. The minimum absolute atomic E-state index is 0.0558. The lowest BCUT2D eigenvalue weighted by atomic mass is 10.1. The van der Waals surface area contributed by atoms with Gasteiger partial charge in [-0.15, -0.1) is 0 Å². The van der Waals surface area contributed by atoms with Crippen LogP contribution < -0.4 is 5.32 Å². The van der Waals surface area contributed by atoms with Crippen LogP contribution in [0.5, 0.6) is 5.75 Å². The third-order valence-corrected chi connectivity index (χ3v) is 3.54. The summed E-state index contributed by atoms with van der Waals surface area (Å²) in [6.07, 6.45) is 1.68. The van der Waals surface area contributed by atoms with Crippen LogP contribution in [-0.4, -0.2) is 10.1 Å². The summed E-state index contributed by atoms with van der Waals surface area (Å²) in [7, 11) is 0. The zero-order chi connectivity index (χ0) is 14.8. The first-order valence-corrected chi connectivity index (χ1v) is 6.77. The summed E-state index contributed by atoms with van der Waals surface area (Å²) in [5.41, 5.74) is 2.01. The van der Waals surface area contributed by atoms with Crippen LogP contribution in [0.2, 0.25) is 5.02 Å². The van der Waals surface area contributed by atoms with Gasteiger partial charge in [0.1, 0.15) is 11.6 Å². The van der Waals surface area contributed by atoms with E-state index in [1.807, 2.05) is 18.2 Å².